The van der Waals surface area contributed by atoms with Gasteiger partial charge in [0.2, 0.25) is 5.91 Å². The molecule has 0 spiro atoms. The van der Waals surface area contributed by atoms with E-state index in [1.807, 2.05) is 13.8 Å². The number of rotatable bonds is 5. The predicted molar refractivity (Wildman–Crippen MR) is 77.4 cm³/mol. The molecule has 0 aromatic heterocycles. The Morgan fingerprint density at radius 3 is 2.57 bits per heavy atom. The fraction of sp³-hybridized carbons (Fsp3) is 0.786. The van der Waals surface area contributed by atoms with E-state index in [2.05, 4.69) is 0 Å². The minimum atomic E-state index is -0.506. The van der Waals surface area contributed by atoms with E-state index in [-0.39, 0.29) is 31.0 Å². The maximum absolute atomic E-state index is 12.6. The normalized spacial score (nSPS) is 18.5. The lowest BCUT2D eigenvalue weighted by molar-refractivity contribution is -0.152. The van der Waals surface area contributed by atoms with Crippen LogP contribution < -0.4 is 5.73 Å². The van der Waals surface area contributed by atoms with Gasteiger partial charge >= 0.3 is 12.0 Å². The van der Waals surface area contributed by atoms with Crippen molar-refractivity contribution < 1.29 is 19.1 Å². The summed E-state index contributed by atoms with van der Waals surface area (Å²) in [5, 5.41) is 0. The summed E-state index contributed by atoms with van der Waals surface area (Å²) in [4.78, 5) is 38.4. The molecule has 3 amide bonds. The molecule has 7 nitrogen and oxygen atoms in total. The molecule has 0 bridgehead atoms. The highest BCUT2D eigenvalue weighted by molar-refractivity contribution is 5.84. The molecule has 1 aliphatic heterocycles. The number of nitrogens with two attached hydrogens (primary N) is 1. The molecule has 1 heterocycles. The summed E-state index contributed by atoms with van der Waals surface area (Å²) in [6.45, 7) is 6.57. The van der Waals surface area contributed by atoms with Crippen molar-refractivity contribution in [3.05, 3.63) is 0 Å². The summed E-state index contributed by atoms with van der Waals surface area (Å²) < 4.78 is 4.90. The average molecular weight is 299 g/mol. The Bertz CT molecular complexity index is 398. The zero-order valence-corrected chi connectivity index (χ0v) is 13.0. The fourth-order valence-corrected chi connectivity index (χ4v) is 2.47. The summed E-state index contributed by atoms with van der Waals surface area (Å²) in [5.74, 6) is -0.839. The number of piperidine rings is 1. The van der Waals surface area contributed by atoms with Gasteiger partial charge in [-0.1, -0.05) is 0 Å². The SMILES string of the molecule is CCOC(=O)CN(C(=O)C1CCCN(C(N)=O)C1)C(C)C. The van der Waals surface area contributed by atoms with Crippen molar-refractivity contribution in [2.75, 3.05) is 26.2 Å². The quantitative estimate of drug-likeness (QED) is 0.751. The molecule has 0 saturated carbocycles. The number of esters is 1. The zero-order valence-electron chi connectivity index (χ0n) is 13.0. The van der Waals surface area contributed by atoms with Gasteiger partial charge in [-0.25, -0.2) is 4.79 Å². The van der Waals surface area contributed by atoms with E-state index in [1.165, 1.54) is 9.80 Å². The van der Waals surface area contributed by atoms with Gasteiger partial charge in [0.25, 0.3) is 0 Å². The number of amides is 3. The topological polar surface area (TPSA) is 92.9 Å². The largest absolute Gasteiger partial charge is 0.465 e. The number of carbonyl (C=O) groups is 3. The van der Waals surface area contributed by atoms with E-state index in [4.69, 9.17) is 10.5 Å². The van der Waals surface area contributed by atoms with E-state index in [0.717, 1.165) is 6.42 Å². The second-order valence-electron chi connectivity index (χ2n) is 5.49. The van der Waals surface area contributed by atoms with Gasteiger partial charge in [0, 0.05) is 19.1 Å². The van der Waals surface area contributed by atoms with E-state index in [0.29, 0.717) is 19.5 Å². The molecule has 0 aromatic rings. The monoisotopic (exact) mass is 299 g/mol. The van der Waals surface area contributed by atoms with Crippen LogP contribution >= 0.6 is 0 Å². The molecule has 1 unspecified atom stereocenters. The fourth-order valence-electron chi connectivity index (χ4n) is 2.47. The molecule has 7 heteroatoms. The maximum atomic E-state index is 12.6. The van der Waals surface area contributed by atoms with Crippen molar-refractivity contribution >= 4 is 17.9 Å². The molecule has 1 rings (SSSR count). The van der Waals surface area contributed by atoms with Gasteiger partial charge in [-0.2, -0.15) is 0 Å². The van der Waals surface area contributed by atoms with Gasteiger partial charge < -0.3 is 20.3 Å². The molecule has 21 heavy (non-hydrogen) atoms. The third-order valence-corrected chi connectivity index (χ3v) is 3.59. The van der Waals surface area contributed by atoms with Crippen LogP contribution in [0.25, 0.3) is 0 Å². The van der Waals surface area contributed by atoms with Gasteiger partial charge in [-0.15, -0.1) is 0 Å². The van der Waals surface area contributed by atoms with Crippen LogP contribution in [-0.4, -0.2) is 60.0 Å². The smallest absolute Gasteiger partial charge is 0.325 e. The zero-order chi connectivity index (χ0) is 16.0. The third kappa shape index (κ3) is 4.91. The summed E-state index contributed by atoms with van der Waals surface area (Å²) in [7, 11) is 0. The molecule has 1 atom stereocenters. The first-order valence-electron chi connectivity index (χ1n) is 7.37. The molecule has 1 aliphatic rings. The standard InChI is InChI=1S/C14H25N3O4/c1-4-21-12(18)9-17(10(2)3)13(19)11-6-5-7-16(8-11)14(15)20/h10-11H,4-9H2,1-3H3,(H2,15,20). The number of likely N-dealkylation sites (tertiary alicyclic amines) is 1. The maximum Gasteiger partial charge on any atom is 0.325 e. The van der Waals surface area contributed by atoms with Crippen LogP contribution in [0.4, 0.5) is 4.79 Å². The first-order chi connectivity index (χ1) is 9.86. The Balaban J connectivity index is 2.71. The Kier molecular flexibility index (Phi) is 6.45. The number of hydrogen-bond donors (Lipinski definition) is 1. The van der Waals surface area contributed by atoms with Crippen LogP contribution in [-0.2, 0) is 14.3 Å². The number of hydrogen-bond acceptors (Lipinski definition) is 4. The van der Waals surface area contributed by atoms with Gasteiger partial charge in [0.05, 0.1) is 12.5 Å². The van der Waals surface area contributed by atoms with Gasteiger partial charge in [0.1, 0.15) is 6.54 Å². The van der Waals surface area contributed by atoms with Crippen molar-refractivity contribution in [3.8, 4) is 0 Å². The van der Waals surface area contributed by atoms with Gasteiger partial charge in [-0.05, 0) is 33.6 Å². The lowest BCUT2D eigenvalue weighted by Gasteiger charge is -2.35. The number of nitrogens with zero attached hydrogens (tertiary/aromatic N) is 2. The molecular formula is C14H25N3O4. The van der Waals surface area contributed by atoms with Crippen LogP contribution in [0.5, 0.6) is 0 Å². The molecule has 120 valence electrons. The van der Waals surface area contributed by atoms with Crippen molar-refractivity contribution in [2.45, 2.75) is 39.7 Å². The summed E-state index contributed by atoms with van der Waals surface area (Å²) in [6.07, 6.45) is 1.44. The number of urea groups is 1. The van der Waals surface area contributed by atoms with Gasteiger partial charge in [-0.3, -0.25) is 9.59 Å². The third-order valence-electron chi connectivity index (χ3n) is 3.59. The second kappa shape index (κ2) is 7.85. The van der Waals surface area contributed by atoms with E-state index < -0.39 is 12.0 Å². The lowest BCUT2D eigenvalue weighted by atomic mass is 9.96. The highest BCUT2D eigenvalue weighted by Crippen LogP contribution is 2.20. The Morgan fingerprint density at radius 2 is 2.05 bits per heavy atom. The number of primary amides is 1. The Morgan fingerprint density at radius 1 is 1.38 bits per heavy atom. The highest BCUT2D eigenvalue weighted by Gasteiger charge is 2.32. The van der Waals surface area contributed by atoms with E-state index in [1.54, 1.807) is 6.92 Å². The van der Waals surface area contributed by atoms with E-state index >= 15 is 0 Å². The first-order valence-corrected chi connectivity index (χ1v) is 7.37. The molecule has 0 aliphatic carbocycles. The van der Waals surface area contributed by atoms with Crippen molar-refractivity contribution in [1.82, 2.24) is 9.80 Å². The van der Waals surface area contributed by atoms with Crippen LogP contribution in [0, 0.1) is 5.92 Å². The van der Waals surface area contributed by atoms with Crippen LogP contribution in [0.15, 0.2) is 0 Å². The first kappa shape index (κ1) is 17.3. The van der Waals surface area contributed by atoms with E-state index in [9.17, 15) is 14.4 Å². The summed E-state index contributed by atoms with van der Waals surface area (Å²) in [6, 6.07) is -0.611. The van der Waals surface area contributed by atoms with Crippen molar-refractivity contribution in [3.63, 3.8) is 0 Å². The summed E-state index contributed by atoms with van der Waals surface area (Å²) >= 11 is 0. The summed E-state index contributed by atoms with van der Waals surface area (Å²) in [5.41, 5.74) is 5.27. The lowest BCUT2D eigenvalue weighted by Crippen LogP contribution is -2.50. The minimum Gasteiger partial charge on any atom is -0.465 e. The van der Waals surface area contributed by atoms with Crippen molar-refractivity contribution in [1.29, 1.82) is 0 Å². The molecule has 2 N–H and O–H groups in total. The Hall–Kier alpha value is -1.79. The predicted octanol–water partition coefficient (Wildman–Crippen LogP) is 0.577. The molecule has 1 fully saturated rings. The number of carbonyl (C=O) groups excluding carboxylic acids is 3. The Labute approximate surface area is 125 Å². The molecule has 1 saturated heterocycles. The molecule has 0 aromatic carbocycles. The van der Waals surface area contributed by atoms with Crippen LogP contribution in [0.1, 0.15) is 33.6 Å². The van der Waals surface area contributed by atoms with Gasteiger partial charge in [0.15, 0.2) is 0 Å². The minimum absolute atomic E-state index is 0.0581. The van der Waals surface area contributed by atoms with Crippen molar-refractivity contribution in [2.24, 2.45) is 11.7 Å². The second-order valence-corrected chi connectivity index (χ2v) is 5.49. The molecule has 0 radical (unpaired) electrons. The average Bonchev–Trinajstić information content (AvgIpc) is 2.44. The number of ether oxygens (including phenoxy) is 1. The van der Waals surface area contributed by atoms with Crippen LogP contribution in [0.3, 0.4) is 0 Å². The van der Waals surface area contributed by atoms with Crippen LogP contribution in [0.2, 0.25) is 0 Å². The highest BCUT2D eigenvalue weighted by atomic mass is 16.5. The molecular weight excluding hydrogens is 274 g/mol.